The first-order valence-electron chi connectivity index (χ1n) is 7.11. The van der Waals surface area contributed by atoms with Crippen LogP contribution in [0.25, 0.3) is 0 Å². The number of fused-ring (bicyclic) bond motifs is 1. The Balaban J connectivity index is 1.74. The van der Waals surface area contributed by atoms with Gasteiger partial charge in [0, 0.05) is 30.7 Å². The van der Waals surface area contributed by atoms with Crippen molar-refractivity contribution in [3.63, 3.8) is 0 Å². The second-order valence-corrected chi connectivity index (χ2v) is 6.32. The Bertz CT molecular complexity index is 539. The minimum atomic E-state index is -0.975. The quantitative estimate of drug-likeness (QED) is 0.870. The summed E-state index contributed by atoms with van der Waals surface area (Å²) in [5, 5.41) is 14.3. The summed E-state index contributed by atoms with van der Waals surface area (Å²) in [6.45, 7) is 1.73. The average Bonchev–Trinajstić information content (AvgIpc) is 2.95. The first kappa shape index (κ1) is 14.3. The molecule has 1 saturated heterocycles. The van der Waals surface area contributed by atoms with Crippen LogP contribution in [0.2, 0.25) is 0 Å². The van der Waals surface area contributed by atoms with Gasteiger partial charge in [0.2, 0.25) is 0 Å². The third-order valence-corrected chi connectivity index (χ3v) is 5.01. The molecule has 2 N–H and O–H groups in total. The molecule has 3 rings (SSSR count). The molecule has 1 unspecified atom stereocenters. The number of rotatable bonds is 2. The Kier molecular flexibility index (Phi) is 4.12. The smallest absolute Gasteiger partial charge is 0.331 e. The lowest BCUT2D eigenvalue weighted by Crippen LogP contribution is -2.51. The lowest BCUT2D eigenvalue weighted by Gasteiger charge is -2.35. The third kappa shape index (κ3) is 2.89. The number of carboxylic acid groups (broad SMARTS) is 1. The lowest BCUT2D eigenvalue weighted by molar-refractivity contribution is -0.142. The number of nitrogens with one attached hydrogen (secondary N) is 1. The van der Waals surface area contributed by atoms with Gasteiger partial charge in [-0.25, -0.2) is 9.59 Å². The van der Waals surface area contributed by atoms with Crippen LogP contribution in [0.1, 0.15) is 29.3 Å². The zero-order valence-electron chi connectivity index (χ0n) is 11.6. The van der Waals surface area contributed by atoms with Gasteiger partial charge in [0.25, 0.3) is 0 Å². The molecule has 114 valence electrons. The SMILES string of the molecule is O=C(O)C1c2ccsc2CCN1C(=O)NC1CCOCC1. The van der Waals surface area contributed by atoms with Crippen molar-refractivity contribution in [1.29, 1.82) is 0 Å². The number of urea groups is 1. The number of thiophene rings is 1. The van der Waals surface area contributed by atoms with Crippen LogP contribution in [0.5, 0.6) is 0 Å². The van der Waals surface area contributed by atoms with E-state index in [0.717, 1.165) is 29.7 Å². The summed E-state index contributed by atoms with van der Waals surface area (Å²) in [6.07, 6.45) is 2.28. The molecule has 1 aromatic heterocycles. The van der Waals surface area contributed by atoms with E-state index in [1.807, 2.05) is 11.4 Å². The van der Waals surface area contributed by atoms with Gasteiger partial charge >= 0.3 is 12.0 Å². The Morgan fingerprint density at radius 1 is 1.38 bits per heavy atom. The predicted octanol–water partition coefficient (Wildman–Crippen LogP) is 1.62. The van der Waals surface area contributed by atoms with Crippen LogP contribution in [0.15, 0.2) is 11.4 Å². The van der Waals surface area contributed by atoms with E-state index in [1.54, 1.807) is 11.3 Å². The van der Waals surface area contributed by atoms with Gasteiger partial charge in [-0.3, -0.25) is 0 Å². The van der Waals surface area contributed by atoms with Gasteiger partial charge in [-0.2, -0.15) is 0 Å². The zero-order valence-corrected chi connectivity index (χ0v) is 12.4. The number of hydrogen-bond acceptors (Lipinski definition) is 4. The van der Waals surface area contributed by atoms with E-state index < -0.39 is 12.0 Å². The van der Waals surface area contributed by atoms with E-state index in [4.69, 9.17) is 4.74 Å². The van der Waals surface area contributed by atoms with Crippen LogP contribution in [0.4, 0.5) is 4.79 Å². The summed E-state index contributed by atoms with van der Waals surface area (Å²) in [5.41, 5.74) is 0.751. The minimum Gasteiger partial charge on any atom is -0.479 e. The van der Waals surface area contributed by atoms with Crippen molar-refractivity contribution in [1.82, 2.24) is 10.2 Å². The van der Waals surface area contributed by atoms with Gasteiger partial charge in [0.15, 0.2) is 6.04 Å². The highest BCUT2D eigenvalue weighted by molar-refractivity contribution is 7.10. The zero-order chi connectivity index (χ0) is 14.8. The van der Waals surface area contributed by atoms with Gasteiger partial charge in [-0.15, -0.1) is 11.3 Å². The van der Waals surface area contributed by atoms with Crippen molar-refractivity contribution >= 4 is 23.3 Å². The summed E-state index contributed by atoms with van der Waals surface area (Å²) < 4.78 is 5.26. The average molecular weight is 310 g/mol. The second-order valence-electron chi connectivity index (χ2n) is 5.32. The van der Waals surface area contributed by atoms with Gasteiger partial charge < -0.3 is 20.1 Å². The lowest BCUT2D eigenvalue weighted by atomic mass is 10.0. The molecule has 1 atom stereocenters. The first-order chi connectivity index (χ1) is 10.2. The number of carboxylic acids is 1. The largest absolute Gasteiger partial charge is 0.479 e. The van der Waals surface area contributed by atoms with Gasteiger partial charge in [0.05, 0.1) is 0 Å². The topological polar surface area (TPSA) is 78.9 Å². The molecule has 0 spiro atoms. The van der Waals surface area contributed by atoms with Crippen LogP contribution in [-0.2, 0) is 16.0 Å². The van der Waals surface area contributed by atoms with Crippen LogP contribution in [0, 0.1) is 0 Å². The molecule has 1 fully saturated rings. The van der Waals surface area contributed by atoms with Crippen molar-refractivity contribution in [2.45, 2.75) is 31.3 Å². The Labute approximate surface area is 126 Å². The van der Waals surface area contributed by atoms with Crippen molar-refractivity contribution in [2.75, 3.05) is 19.8 Å². The van der Waals surface area contributed by atoms with Crippen molar-refractivity contribution < 1.29 is 19.4 Å². The Morgan fingerprint density at radius 2 is 2.14 bits per heavy atom. The Morgan fingerprint density at radius 3 is 2.86 bits per heavy atom. The van der Waals surface area contributed by atoms with Crippen LogP contribution in [0.3, 0.4) is 0 Å². The van der Waals surface area contributed by atoms with E-state index in [1.165, 1.54) is 4.90 Å². The van der Waals surface area contributed by atoms with Gasteiger partial charge in [-0.1, -0.05) is 0 Å². The van der Waals surface area contributed by atoms with Crippen molar-refractivity contribution in [2.24, 2.45) is 0 Å². The fourth-order valence-electron chi connectivity index (χ4n) is 2.90. The molecule has 6 nitrogen and oxygen atoms in total. The molecule has 7 heteroatoms. The molecule has 0 bridgehead atoms. The first-order valence-corrected chi connectivity index (χ1v) is 7.98. The number of nitrogens with zero attached hydrogens (tertiary/aromatic N) is 1. The fourth-order valence-corrected chi connectivity index (χ4v) is 3.80. The monoisotopic (exact) mass is 310 g/mol. The second kappa shape index (κ2) is 6.03. The van der Waals surface area contributed by atoms with Crippen LogP contribution < -0.4 is 5.32 Å². The molecule has 21 heavy (non-hydrogen) atoms. The van der Waals surface area contributed by atoms with E-state index >= 15 is 0 Å². The fraction of sp³-hybridized carbons (Fsp3) is 0.571. The summed E-state index contributed by atoms with van der Waals surface area (Å²) in [5.74, 6) is -0.975. The van der Waals surface area contributed by atoms with Crippen molar-refractivity contribution in [3.8, 4) is 0 Å². The summed E-state index contributed by atoms with van der Waals surface area (Å²) in [4.78, 5) is 26.5. The van der Waals surface area contributed by atoms with Gasteiger partial charge in [-0.05, 0) is 36.3 Å². The third-order valence-electron chi connectivity index (χ3n) is 4.01. The van der Waals surface area contributed by atoms with E-state index in [9.17, 15) is 14.7 Å². The Hall–Kier alpha value is -1.60. The van der Waals surface area contributed by atoms with E-state index in [2.05, 4.69) is 5.32 Å². The predicted molar refractivity (Wildman–Crippen MR) is 77.5 cm³/mol. The number of amides is 2. The molecule has 2 amide bonds. The molecule has 2 aliphatic heterocycles. The summed E-state index contributed by atoms with van der Waals surface area (Å²) >= 11 is 1.56. The van der Waals surface area contributed by atoms with Gasteiger partial charge in [0.1, 0.15) is 0 Å². The number of carbonyl (C=O) groups excluding carboxylic acids is 1. The normalized spacial score (nSPS) is 22.7. The van der Waals surface area contributed by atoms with Crippen LogP contribution in [-0.4, -0.2) is 47.8 Å². The maximum Gasteiger partial charge on any atom is 0.331 e. The molecule has 0 saturated carbocycles. The summed E-state index contributed by atoms with van der Waals surface area (Å²) in [6, 6.07) is 0.725. The molecular weight excluding hydrogens is 292 g/mol. The highest BCUT2D eigenvalue weighted by Crippen LogP contribution is 2.33. The molecule has 0 radical (unpaired) electrons. The van der Waals surface area contributed by atoms with Crippen molar-refractivity contribution in [3.05, 3.63) is 21.9 Å². The molecule has 1 aromatic rings. The number of ether oxygens (including phenoxy) is 1. The standard InChI is InChI=1S/C14H18N2O4S/c17-13(18)12-10-4-8-21-11(10)1-5-16(12)14(19)15-9-2-6-20-7-3-9/h4,8-9,12H,1-3,5-7H2,(H,15,19)(H,17,18). The van der Waals surface area contributed by atoms with E-state index in [-0.39, 0.29) is 12.1 Å². The highest BCUT2D eigenvalue weighted by Gasteiger charge is 2.37. The summed E-state index contributed by atoms with van der Waals surface area (Å²) in [7, 11) is 0. The number of carbonyl (C=O) groups is 2. The highest BCUT2D eigenvalue weighted by atomic mass is 32.1. The van der Waals surface area contributed by atoms with E-state index in [0.29, 0.717) is 19.8 Å². The molecule has 0 aliphatic carbocycles. The maximum atomic E-state index is 12.4. The number of aliphatic carboxylic acids is 1. The molecule has 2 aliphatic rings. The number of hydrogen-bond donors (Lipinski definition) is 2. The molecule has 0 aromatic carbocycles. The minimum absolute atomic E-state index is 0.0737. The molecular formula is C14H18N2O4S. The molecule has 3 heterocycles. The van der Waals surface area contributed by atoms with Crippen LogP contribution >= 0.6 is 11.3 Å². The maximum absolute atomic E-state index is 12.4.